The third-order valence-electron chi connectivity index (χ3n) is 4.65. The molecule has 2 heteroatoms. The Balaban J connectivity index is 1.80. The molecule has 0 radical (unpaired) electrons. The molecule has 0 amide bonds. The second-order valence-corrected chi connectivity index (χ2v) is 5.63. The molecule has 92 valence electrons. The standard InChI is InChI=1S/C15H22N2/c16-17-15(12-6-2-7-12)14-9-3-8-13(10-14)11-4-1-5-11/h3,8-12,15,17H,1-2,4-7,16H2. The molecule has 1 unspecified atom stereocenters. The first-order chi connectivity index (χ1) is 8.38. The first-order valence-corrected chi connectivity index (χ1v) is 6.94. The van der Waals surface area contributed by atoms with E-state index in [4.69, 9.17) is 5.84 Å². The van der Waals surface area contributed by atoms with Crippen molar-refractivity contribution in [3.8, 4) is 0 Å². The SMILES string of the molecule is NNC(c1cccc(C2CCC2)c1)C1CCC1. The topological polar surface area (TPSA) is 38.0 Å². The average Bonchev–Trinajstić information content (AvgIpc) is 2.21. The molecular weight excluding hydrogens is 208 g/mol. The van der Waals surface area contributed by atoms with Crippen molar-refractivity contribution in [1.29, 1.82) is 0 Å². The van der Waals surface area contributed by atoms with Gasteiger partial charge in [0.2, 0.25) is 0 Å². The van der Waals surface area contributed by atoms with Crippen molar-refractivity contribution < 1.29 is 0 Å². The van der Waals surface area contributed by atoms with E-state index in [1.54, 1.807) is 0 Å². The highest BCUT2D eigenvalue weighted by Crippen LogP contribution is 2.40. The van der Waals surface area contributed by atoms with Gasteiger partial charge < -0.3 is 0 Å². The maximum atomic E-state index is 5.74. The zero-order chi connectivity index (χ0) is 11.7. The summed E-state index contributed by atoms with van der Waals surface area (Å²) in [7, 11) is 0. The van der Waals surface area contributed by atoms with Crippen molar-refractivity contribution in [1.82, 2.24) is 5.43 Å². The summed E-state index contributed by atoms with van der Waals surface area (Å²) in [6.45, 7) is 0. The molecule has 2 aliphatic rings. The Morgan fingerprint density at radius 2 is 1.88 bits per heavy atom. The Morgan fingerprint density at radius 3 is 2.41 bits per heavy atom. The summed E-state index contributed by atoms with van der Waals surface area (Å²) in [6.07, 6.45) is 8.15. The molecule has 0 bridgehead atoms. The monoisotopic (exact) mass is 230 g/mol. The summed E-state index contributed by atoms with van der Waals surface area (Å²) in [5, 5.41) is 0. The van der Waals surface area contributed by atoms with Gasteiger partial charge in [-0.05, 0) is 48.6 Å². The van der Waals surface area contributed by atoms with E-state index in [1.807, 2.05) is 0 Å². The van der Waals surface area contributed by atoms with Gasteiger partial charge in [0.05, 0.1) is 0 Å². The minimum Gasteiger partial charge on any atom is -0.271 e. The molecule has 2 aliphatic carbocycles. The van der Waals surface area contributed by atoms with Crippen LogP contribution in [-0.2, 0) is 0 Å². The lowest BCUT2D eigenvalue weighted by molar-refractivity contribution is 0.232. The predicted molar refractivity (Wildman–Crippen MR) is 70.4 cm³/mol. The van der Waals surface area contributed by atoms with Crippen LogP contribution in [0.5, 0.6) is 0 Å². The molecule has 2 fully saturated rings. The molecule has 0 saturated heterocycles. The van der Waals surface area contributed by atoms with Gasteiger partial charge in [-0.3, -0.25) is 11.3 Å². The highest BCUT2D eigenvalue weighted by atomic mass is 15.2. The summed E-state index contributed by atoms with van der Waals surface area (Å²) < 4.78 is 0. The molecule has 0 heterocycles. The molecule has 3 rings (SSSR count). The molecule has 0 aliphatic heterocycles. The van der Waals surface area contributed by atoms with Gasteiger partial charge in [-0.1, -0.05) is 37.1 Å². The minimum absolute atomic E-state index is 0.365. The van der Waals surface area contributed by atoms with Crippen LogP contribution < -0.4 is 11.3 Å². The van der Waals surface area contributed by atoms with Crippen molar-refractivity contribution in [3.63, 3.8) is 0 Å². The predicted octanol–water partition coefficient (Wildman–Crippen LogP) is 3.26. The number of benzene rings is 1. The van der Waals surface area contributed by atoms with E-state index < -0.39 is 0 Å². The Morgan fingerprint density at radius 1 is 1.12 bits per heavy atom. The molecular formula is C15H22N2. The Kier molecular flexibility index (Phi) is 3.17. The molecule has 0 aromatic heterocycles. The number of hydrogen-bond acceptors (Lipinski definition) is 2. The van der Waals surface area contributed by atoms with Gasteiger partial charge in [0.15, 0.2) is 0 Å². The first-order valence-electron chi connectivity index (χ1n) is 6.94. The number of rotatable bonds is 4. The number of nitrogens with one attached hydrogen (secondary N) is 1. The van der Waals surface area contributed by atoms with Crippen molar-refractivity contribution in [3.05, 3.63) is 35.4 Å². The van der Waals surface area contributed by atoms with E-state index >= 15 is 0 Å². The normalized spacial score (nSPS) is 22.9. The van der Waals surface area contributed by atoms with E-state index in [0.717, 1.165) is 11.8 Å². The molecule has 1 aromatic rings. The summed E-state index contributed by atoms with van der Waals surface area (Å²) in [5.41, 5.74) is 5.93. The minimum atomic E-state index is 0.365. The summed E-state index contributed by atoms with van der Waals surface area (Å²) in [4.78, 5) is 0. The quantitative estimate of drug-likeness (QED) is 0.615. The van der Waals surface area contributed by atoms with E-state index in [0.29, 0.717) is 6.04 Å². The molecule has 3 N–H and O–H groups in total. The summed E-state index contributed by atoms with van der Waals surface area (Å²) >= 11 is 0. The number of hydrazine groups is 1. The van der Waals surface area contributed by atoms with Gasteiger partial charge in [-0.25, -0.2) is 0 Å². The zero-order valence-electron chi connectivity index (χ0n) is 10.4. The number of nitrogens with two attached hydrogens (primary N) is 1. The molecule has 1 aromatic carbocycles. The lowest BCUT2D eigenvalue weighted by Gasteiger charge is -2.34. The third-order valence-corrected chi connectivity index (χ3v) is 4.65. The highest BCUT2D eigenvalue weighted by Gasteiger charge is 2.28. The van der Waals surface area contributed by atoms with Crippen LogP contribution in [0.2, 0.25) is 0 Å². The van der Waals surface area contributed by atoms with E-state index in [9.17, 15) is 0 Å². The first kappa shape index (κ1) is 11.2. The number of hydrogen-bond donors (Lipinski definition) is 2. The fraction of sp³-hybridized carbons (Fsp3) is 0.600. The van der Waals surface area contributed by atoms with Crippen LogP contribution in [0.15, 0.2) is 24.3 Å². The Hall–Kier alpha value is -0.860. The highest BCUT2D eigenvalue weighted by molar-refractivity contribution is 5.30. The van der Waals surface area contributed by atoms with Crippen molar-refractivity contribution >= 4 is 0 Å². The van der Waals surface area contributed by atoms with Crippen molar-refractivity contribution in [2.45, 2.75) is 50.5 Å². The lowest BCUT2D eigenvalue weighted by atomic mass is 9.75. The van der Waals surface area contributed by atoms with Crippen LogP contribution in [0.3, 0.4) is 0 Å². The Labute approximate surface area is 104 Å². The van der Waals surface area contributed by atoms with Crippen molar-refractivity contribution in [2.75, 3.05) is 0 Å². The molecule has 0 spiro atoms. The smallest absolute Gasteiger partial charge is 0.0488 e. The fourth-order valence-corrected chi connectivity index (χ4v) is 3.03. The van der Waals surface area contributed by atoms with Crippen LogP contribution in [0.25, 0.3) is 0 Å². The summed E-state index contributed by atoms with van der Waals surface area (Å²) in [5.74, 6) is 7.30. The van der Waals surface area contributed by atoms with Gasteiger partial charge in [-0.15, -0.1) is 0 Å². The molecule has 1 atom stereocenters. The van der Waals surface area contributed by atoms with Gasteiger partial charge in [0.25, 0.3) is 0 Å². The lowest BCUT2D eigenvalue weighted by Crippen LogP contribution is -2.36. The molecule has 2 saturated carbocycles. The maximum absolute atomic E-state index is 5.74. The van der Waals surface area contributed by atoms with Crippen molar-refractivity contribution in [2.24, 2.45) is 11.8 Å². The van der Waals surface area contributed by atoms with Crippen LogP contribution in [0, 0.1) is 5.92 Å². The second-order valence-electron chi connectivity index (χ2n) is 5.63. The van der Waals surface area contributed by atoms with Gasteiger partial charge >= 0.3 is 0 Å². The van der Waals surface area contributed by atoms with E-state index in [2.05, 4.69) is 29.7 Å². The summed E-state index contributed by atoms with van der Waals surface area (Å²) in [6, 6.07) is 9.45. The van der Waals surface area contributed by atoms with E-state index in [-0.39, 0.29) is 0 Å². The van der Waals surface area contributed by atoms with E-state index in [1.165, 1.54) is 49.7 Å². The largest absolute Gasteiger partial charge is 0.271 e. The zero-order valence-corrected chi connectivity index (χ0v) is 10.4. The average molecular weight is 230 g/mol. The van der Waals surface area contributed by atoms with Gasteiger partial charge in [-0.2, -0.15) is 0 Å². The molecule has 17 heavy (non-hydrogen) atoms. The maximum Gasteiger partial charge on any atom is 0.0488 e. The van der Waals surface area contributed by atoms with Crippen LogP contribution in [-0.4, -0.2) is 0 Å². The van der Waals surface area contributed by atoms with Crippen LogP contribution in [0.4, 0.5) is 0 Å². The van der Waals surface area contributed by atoms with Gasteiger partial charge in [0, 0.05) is 6.04 Å². The van der Waals surface area contributed by atoms with Crippen LogP contribution >= 0.6 is 0 Å². The Bertz CT molecular complexity index is 380. The fourth-order valence-electron chi connectivity index (χ4n) is 3.03. The van der Waals surface area contributed by atoms with Crippen LogP contribution in [0.1, 0.15) is 61.6 Å². The third kappa shape index (κ3) is 2.12. The van der Waals surface area contributed by atoms with Gasteiger partial charge in [0.1, 0.15) is 0 Å². The molecule has 2 nitrogen and oxygen atoms in total. The second kappa shape index (κ2) is 4.79.